The van der Waals surface area contributed by atoms with E-state index in [1.54, 1.807) is 0 Å². The van der Waals surface area contributed by atoms with Crippen LogP contribution in [0.3, 0.4) is 0 Å². The molecule has 0 bridgehead atoms. The van der Waals surface area contributed by atoms with Gasteiger partial charge >= 0.3 is 12.0 Å². The van der Waals surface area contributed by atoms with Crippen LogP contribution < -0.4 is 5.32 Å². The molecule has 1 saturated carbocycles. The van der Waals surface area contributed by atoms with Gasteiger partial charge in [0.15, 0.2) is 0 Å². The zero-order valence-electron chi connectivity index (χ0n) is 12.2. The summed E-state index contributed by atoms with van der Waals surface area (Å²) in [7, 11) is 0. The number of amides is 2. The van der Waals surface area contributed by atoms with Crippen molar-refractivity contribution in [3.63, 3.8) is 0 Å². The van der Waals surface area contributed by atoms with Crippen molar-refractivity contribution in [1.29, 1.82) is 0 Å². The van der Waals surface area contributed by atoms with E-state index in [9.17, 15) is 9.59 Å². The molecule has 1 heterocycles. The van der Waals surface area contributed by atoms with Crippen LogP contribution >= 0.6 is 0 Å². The fourth-order valence-corrected chi connectivity index (χ4v) is 3.51. The lowest BCUT2D eigenvalue weighted by Gasteiger charge is -2.37. The summed E-state index contributed by atoms with van der Waals surface area (Å²) in [5, 5.41) is 12.1. The Bertz CT molecular complexity index is 345. The van der Waals surface area contributed by atoms with E-state index in [4.69, 9.17) is 5.11 Å². The molecule has 20 heavy (non-hydrogen) atoms. The number of aliphatic carboxylic acids is 1. The van der Waals surface area contributed by atoms with Crippen LogP contribution in [0, 0.1) is 5.41 Å². The molecule has 114 valence electrons. The minimum atomic E-state index is -0.751. The Labute approximate surface area is 120 Å². The van der Waals surface area contributed by atoms with Gasteiger partial charge in [0.2, 0.25) is 0 Å². The summed E-state index contributed by atoms with van der Waals surface area (Å²) in [6.07, 6.45) is 8.70. The first-order valence-electron chi connectivity index (χ1n) is 7.86. The molecule has 5 nitrogen and oxygen atoms in total. The second-order valence-corrected chi connectivity index (χ2v) is 6.34. The number of carbonyl (C=O) groups is 2. The van der Waals surface area contributed by atoms with E-state index in [-0.39, 0.29) is 17.9 Å². The Morgan fingerprint density at radius 3 is 2.20 bits per heavy atom. The van der Waals surface area contributed by atoms with Crippen LogP contribution in [0.1, 0.15) is 57.8 Å². The molecule has 0 aromatic rings. The lowest BCUT2D eigenvalue weighted by Crippen LogP contribution is -2.47. The number of piperidine rings is 1. The minimum Gasteiger partial charge on any atom is -0.481 e. The Kier molecular flexibility index (Phi) is 5.26. The van der Waals surface area contributed by atoms with Gasteiger partial charge in [-0.05, 0) is 37.5 Å². The van der Waals surface area contributed by atoms with Gasteiger partial charge in [0, 0.05) is 19.6 Å². The molecule has 2 aliphatic rings. The number of rotatable bonds is 4. The Morgan fingerprint density at radius 2 is 1.60 bits per heavy atom. The lowest BCUT2D eigenvalue weighted by molar-refractivity contribution is -0.140. The summed E-state index contributed by atoms with van der Waals surface area (Å²) in [6, 6.07) is -0.0139. The van der Waals surface area contributed by atoms with Crippen molar-refractivity contribution in [2.45, 2.75) is 57.8 Å². The summed E-state index contributed by atoms with van der Waals surface area (Å²) in [5.74, 6) is -0.751. The van der Waals surface area contributed by atoms with Gasteiger partial charge in [0.1, 0.15) is 0 Å². The van der Waals surface area contributed by atoms with Crippen LogP contribution in [0.5, 0.6) is 0 Å². The van der Waals surface area contributed by atoms with Gasteiger partial charge < -0.3 is 15.3 Å². The number of urea groups is 1. The molecular weight excluding hydrogens is 256 g/mol. The third-order valence-electron chi connectivity index (χ3n) is 4.70. The van der Waals surface area contributed by atoms with Gasteiger partial charge in [0.25, 0.3) is 0 Å². The first-order chi connectivity index (χ1) is 9.61. The number of hydrogen-bond acceptors (Lipinski definition) is 2. The van der Waals surface area contributed by atoms with Gasteiger partial charge in [-0.1, -0.05) is 19.3 Å². The van der Waals surface area contributed by atoms with Crippen molar-refractivity contribution < 1.29 is 14.7 Å². The molecule has 0 aromatic carbocycles. The highest BCUT2D eigenvalue weighted by Gasteiger charge is 2.35. The Morgan fingerprint density at radius 1 is 1.00 bits per heavy atom. The number of carbonyl (C=O) groups excluding carboxylic acids is 1. The van der Waals surface area contributed by atoms with Crippen molar-refractivity contribution in [2.24, 2.45) is 5.41 Å². The molecule has 0 atom stereocenters. The average Bonchev–Trinajstić information content (AvgIpc) is 2.46. The van der Waals surface area contributed by atoms with E-state index in [2.05, 4.69) is 5.32 Å². The van der Waals surface area contributed by atoms with Crippen LogP contribution in [-0.2, 0) is 4.79 Å². The summed E-state index contributed by atoms with van der Waals surface area (Å²) >= 11 is 0. The van der Waals surface area contributed by atoms with Crippen molar-refractivity contribution in [3.8, 4) is 0 Å². The smallest absolute Gasteiger partial charge is 0.317 e. The number of likely N-dealkylation sites (tertiary alicyclic amines) is 1. The topological polar surface area (TPSA) is 69.6 Å². The van der Waals surface area contributed by atoms with Crippen LogP contribution in [-0.4, -0.2) is 41.6 Å². The maximum absolute atomic E-state index is 12.1. The van der Waals surface area contributed by atoms with Crippen molar-refractivity contribution in [1.82, 2.24) is 10.2 Å². The number of carboxylic acid groups (broad SMARTS) is 1. The molecule has 5 heteroatoms. The third-order valence-corrected chi connectivity index (χ3v) is 4.70. The highest BCUT2D eigenvalue weighted by Crippen LogP contribution is 2.38. The molecule has 1 aliphatic carbocycles. The Balaban J connectivity index is 1.87. The molecule has 2 amide bonds. The van der Waals surface area contributed by atoms with Crippen LogP contribution in [0.15, 0.2) is 0 Å². The molecule has 2 rings (SSSR count). The predicted molar refractivity (Wildman–Crippen MR) is 76.6 cm³/mol. The number of carboxylic acids is 1. The highest BCUT2D eigenvalue weighted by molar-refractivity contribution is 5.74. The quantitative estimate of drug-likeness (QED) is 0.832. The predicted octanol–water partition coefficient (Wildman–Crippen LogP) is 2.61. The monoisotopic (exact) mass is 282 g/mol. The largest absolute Gasteiger partial charge is 0.481 e. The zero-order chi connectivity index (χ0) is 14.4. The minimum absolute atomic E-state index is 0.0139. The second-order valence-electron chi connectivity index (χ2n) is 6.34. The van der Waals surface area contributed by atoms with Crippen LogP contribution in [0.4, 0.5) is 4.79 Å². The van der Waals surface area contributed by atoms with E-state index in [0.29, 0.717) is 6.54 Å². The second kappa shape index (κ2) is 6.95. The van der Waals surface area contributed by atoms with Crippen molar-refractivity contribution in [2.75, 3.05) is 19.6 Å². The van der Waals surface area contributed by atoms with Crippen molar-refractivity contribution in [3.05, 3.63) is 0 Å². The summed E-state index contributed by atoms with van der Waals surface area (Å²) in [4.78, 5) is 25.1. The van der Waals surface area contributed by atoms with Gasteiger partial charge in [-0.2, -0.15) is 0 Å². The van der Waals surface area contributed by atoms with E-state index < -0.39 is 5.97 Å². The molecule has 1 saturated heterocycles. The standard InChI is InChI=1S/C15H26N2O3/c18-13(19)11-15(7-3-1-4-8-15)12-16-14(20)17-9-5-2-6-10-17/h1-12H2,(H,16,20)(H,18,19). The lowest BCUT2D eigenvalue weighted by atomic mass is 9.72. The number of nitrogens with zero attached hydrogens (tertiary/aromatic N) is 1. The van der Waals surface area contributed by atoms with Gasteiger partial charge in [-0.25, -0.2) is 4.79 Å². The van der Waals surface area contributed by atoms with Gasteiger partial charge in [-0.3, -0.25) is 4.79 Å². The fraction of sp³-hybridized carbons (Fsp3) is 0.867. The van der Waals surface area contributed by atoms with Crippen LogP contribution in [0.2, 0.25) is 0 Å². The maximum atomic E-state index is 12.1. The molecule has 0 aromatic heterocycles. The molecule has 0 unspecified atom stereocenters. The summed E-state index contributed by atoms with van der Waals surface area (Å²) in [6.45, 7) is 2.17. The summed E-state index contributed by atoms with van der Waals surface area (Å²) in [5.41, 5.74) is -0.227. The number of nitrogens with one attached hydrogen (secondary N) is 1. The molecule has 1 aliphatic heterocycles. The van der Waals surface area contributed by atoms with Crippen molar-refractivity contribution >= 4 is 12.0 Å². The first-order valence-corrected chi connectivity index (χ1v) is 7.86. The zero-order valence-corrected chi connectivity index (χ0v) is 12.2. The molecule has 0 radical (unpaired) electrons. The fourth-order valence-electron chi connectivity index (χ4n) is 3.51. The SMILES string of the molecule is O=C(O)CC1(CNC(=O)N2CCCCC2)CCCCC1. The van der Waals surface area contributed by atoms with E-state index >= 15 is 0 Å². The van der Waals surface area contributed by atoms with E-state index in [1.807, 2.05) is 4.90 Å². The van der Waals surface area contributed by atoms with Crippen LogP contribution in [0.25, 0.3) is 0 Å². The molecular formula is C15H26N2O3. The summed E-state index contributed by atoms with van der Waals surface area (Å²) < 4.78 is 0. The Hall–Kier alpha value is -1.26. The third kappa shape index (κ3) is 4.12. The molecule has 2 N–H and O–H groups in total. The number of hydrogen-bond donors (Lipinski definition) is 2. The van der Waals surface area contributed by atoms with E-state index in [0.717, 1.165) is 51.6 Å². The highest BCUT2D eigenvalue weighted by atomic mass is 16.4. The van der Waals surface area contributed by atoms with Gasteiger partial charge in [0.05, 0.1) is 6.42 Å². The molecule has 2 fully saturated rings. The maximum Gasteiger partial charge on any atom is 0.317 e. The first kappa shape index (κ1) is 15.1. The average molecular weight is 282 g/mol. The normalized spacial score (nSPS) is 22.3. The van der Waals surface area contributed by atoms with E-state index in [1.165, 1.54) is 12.8 Å². The van der Waals surface area contributed by atoms with Gasteiger partial charge in [-0.15, -0.1) is 0 Å². The molecule has 0 spiro atoms.